The van der Waals surface area contributed by atoms with Gasteiger partial charge in [0.2, 0.25) is 6.29 Å². The first-order valence-corrected chi connectivity index (χ1v) is 5.59. The summed E-state index contributed by atoms with van der Waals surface area (Å²) in [6.45, 7) is 3.12. The van der Waals surface area contributed by atoms with Gasteiger partial charge in [0.1, 0.15) is 5.75 Å². The Morgan fingerprint density at radius 1 is 1.35 bits per heavy atom. The van der Waals surface area contributed by atoms with Crippen LogP contribution >= 0.6 is 0 Å². The van der Waals surface area contributed by atoms with Gasteiger partial charge in [-0.15, -0.1) is 0 Å². The summed E-state index contributed by atoms with van der Waals surface area (Å²) in [7, 11) is 1.62. The minimum absolute atomic E-state index is 0.332. The first-order valence-electron chi connectivity index (χ1n) is 5.59. The Labute approximate surface area is 101 Å². The van der Waals surface area contributed by atoms with Crippen molar-refractivity contribution in [2.75, 3.05) is 20.2 Å². The van der Waals surface area contributed by atoms with Crippen LogP contribution in [0.25, 0.3) is 0 Å². The highest BCUT2D eigenvalue weighted by molar-refractivity contribution is 6.23. The van der Waals surface area contributed by atoms with E-state index in [2.05, 4.69) is 0 Å². The lowest BCUT2D eigenvalue weighted by Crippen LogP contribution is -2.29. The van der Waals surface area contributed by atoms with Gasteiger partial charge in [-0.2, -0.15) is 0 Å². The molecule has 1 aromatic carbocycles. The molecule has 0 heterocycles. The van der Waals surface area contributed by atoms with Crippen molar-refractivity contribution < 1.29 is 14.3 Å². The number of amides is 1. The van der Waals surface area contributed by atoms with E-state index >= 15 is 0 Å². The summed E-state index contributed by atoms with van der Waals surface area (Å²) in [5.41, 5.74) is 1.11. The zero-order valence-electron chi connectivity index (χ0n) is 10.2. The van der Waals surface area contributed by atoms with Gasteiger partial charge in [-0.3, -0.25) is 9.59 Å². The highest BCUT2D eigenvalue weighted by Crippen LogP contribution is 2.12. The van der Waals surface area contributed by atoms with E-state index in [0.717, 1.165) is 17.7 Å². The Bertz CT molecular complexity index is 373. The molecule has 4 nitrogen and oxygen atoms in total. The van der Waals surface area contributed by atoms with E-state index < -0.39 is 5.91 Å². The number of carbonyl (C=O) groups excluding carboxylic acids is 2. The van der Waals surface area contributed by atoms with Crippen molar-refractivity contribution in [3.8, 4) is 5.75 Å². The van der Waals surface area contributed by atoms with Gasteiger partial charge in [0, 0.05) is 13.6 Å². The lowest BCUT2D eigenvalue weighted by Gasteiger charge is -2.13. The van der Waals surface area contributed by atoms with Crippen molar-refractivity contribution >= 4 is 12.2 Å². The van der Waals surface area contributed by atoms with Gasteiger partial charge in [0.25, 0.3) is 5.91 Å². The zero-order valence-corrected chi connectivity index (χ0v) is 10.2. The molecular weight excluding hydrogens is 218 g/mol. The van der Waals surface area contributed by atoms with E-state index in [1.165, 1.54) is 4.90 Å². The van der Waals surface area contributed by atoms with Gasteiger partial charge < -0.3 is 9.64 Å². The molecule has 1 rings (SSSR count). The maximum absolute atomic E-state index is 11.0. The number of likely N-dealkylation sites (N-methyl/N-ethyl adjacent to an activating group) is 1. The standard InChI is InChI=1S/C13H17NO3/c1-3-17-12-6-4-11(5-7-12)8-9-14(2)13(16)10-15/h4-7,10H,3,8-9H2,1-2H3. The van der Waals surface area contributed by atoms with Gasteiger partial charge >= 0.3 is 0 Å². The van der Waals surface area contributed by atoms with E-state index in [0.29, 0.717) is 19.4 Å². The lowest BCUT2D eigenvalue weighted by atomic mass is 10.1. The third kappa shape index (κ3) is 4.26. The molecule has 0 saturated heterocycles. The predicted molar refractivity (Wildman–Crippen MR) is 65.0 cm³/mol. The number of rotatable bonds is 6. The fourth-order valence-corrected chi connectivity index (χ4v) is 1.42. The van der Waals surface area contributed by atoms with E-state index in [1.807, 2.05) is 31.2 Å². The van der Waals surface area contributed by atoms with Crippen LogP contribution in [-0.2, 0) is 16.0 Å². The third-order valence-corrected chi connectivity index (χ3v) is 2.45. The molecular formula is C13H17NO3. The second-order valence-electron chi connectivity index (χ2n) is 3.70. The fraction of sp³-hybridized carbons (Fsp3) is 0.385. The number of ether oxygens (including phenoxy) is 1. The molecule has 0 bridgehead atoms. The molecule has 0 atom stereocenters. The summed E-state index contributed by atoms with van der Waals surface area (Å²) in [6, 6.07) is 7.73. The second-order valence-corrected chi connectivity index (χ2v) is 3.70. The molecule has 0 spiro atoms. The quantitative estimate of drug-likeness (QED) is 0.551. The van der Waals surface area contributed by atoms with Crippen LogP contribution in [0.5, 0.6) is 5.75 Å². The molecule has 0 aromatic heterocycles. The van der Waals surface area contributed by atoms with Crippen molar-refractivity contribution in [1.82, 2.24) is 4.90 Å². The van der Waals surface area contributed by atoms with Crippen LogP contribution in [0, 0.1) is 0 Å². The molecule has 0 aliphatic carbocycles. The molecule has 0 aliphatic rings. The van der Waals surface area contributed by atoms with Crippen LogP contribution < -0.4 is 4.74 Å². The van der Waals surface area contributed by atoms with Crippen molar-refractivity contribution in [2.24, 2.45) is 0 Å². The summed E-state index contributed by atoms with van der Waals surface area (Å²) in [6.07, 6.45) is 1.06. The van der Waals surface area contributed by atoms with Gasteiger partial charge in [0.15, 0.2) is 0 Å². The first kappa shape index (κ1) is 13.2. The Morgan fingerprint density at radius 2 is 2.00 bits per heavy atom. The minimum atomic E-state index is -0.490. The molecule has 1 aromatic rings. The summed E-state index contributed by atoms with van der Waals surface area (Å²) in [4.78, 5) is 22.7. The average Bonchev–Trinajstić information content (AvgIpc) is 2.37. The van der Waals surface area contributed by atoms with Crippen molar-refractivity contribution in [2.45, 2.75) is 13.3 Å². The second kappa shape index (κ2) is 6.68. The highest BCUT2D eigenvalue weighted by Gasteiger charge is 2.06. The fourth-order valence-electron chi connectivity index (χ4n) is 1.42. The molecule has 0 fully saturated rings. The van der Waals surface area contributed by atoms with Crippen molar-refractivity contribution in [3.05, 3.63) is 29.8 Å². The summed E-state index contributed by atoms with van der Waals surface area (Å²) in [5.74, 6) is 0.351. The number of aldehydes is 1. The minimum Gasteiger partial charge on any atom is -0.494 e. The van der Waals surface area contributed by atoms with E-state index in [1.54, 1.807) is 7.05 Å². The zero-order chi connectivity index (χ0) is 12.7. The van der Waals surface area contributed by atoms with Crippen LogP contribution in [0.3, 0.4) is 0 Å². The topological polar surface area (TPSA) is 46.6 Å². The number of hydrogen-bond donors (Lipinski definition) is 0. The van der Waals surface area contributed by atoms with Gasteiger partial charge in [-0.1, -0.05) is 12.1 Å². The smallest absolute Gasteiger partial charge is 0.286 e. The van der Waals surface area contributed by atoms with Crippen molar-refractivity contribution in [1.29, 1.82) is 0 Å². The lowest BCUT2D eigenvalue weighted by molar-refractivity contribution is -0.137. The molecule has 4 heteroatoms. The van der Waals surface area contributed by atoms with Crippen LogP contribution in [0.1, 0.15) is 12.5 Å². The molecule has 1 amide bonds. The monoisotopic (exact) mass is 235 g/mol. The summed E-state index contributed by atoms with van der Waals surface area (Å²) < 4.78 is 5.33. The molecule has 0 N–H and O–H groups in total. The van der Waals surface area contributed by atoms with Crippen LogP contribution in [0.4, 0.5) is 0 Å². The Balaban J connectivity index is 2.46. The number of benzene rings is 1. The molecule has 0 saturated carbocycles. The Kier molecular flexibility index (Phi) is 5.20. The SMILES string of the molecule is CCOc1ccc(CCN(C)C(=O)C=O)cc1. The van der Waals surface area contributed by atoms with Gasteiger partial charge in [-0.25, -0.2) is 0 Å². The third-order valence-electron chi connectivity index (χ3n) is 2.45. The Hall–Kier alpha value is -1.84. The van der Waals surface area contributed by atoms with E-state index in [4.69, 9.17) is 4.74 Å². The van der Waals surface area contributed by atoms with Crippen LogP contribution in [-0.4, -0.2) is 37.3 Å². The van der Waals surface area contributed by atoms with E-state index in [-0.39, 0.29) is 0 Å². The van der Waals surface area contributed by atoms with Crippen LogP contribution in [0.15, 0.2) is 24.3 Å². The number of hydrogen-bond acceptors (Lipinski definition) is 3. The molecule has 17 heavy (non-hydrogen) atoms. The predicted octanol–water partition coefficient (Wildman–Crippen LogP) is 1.29. The Morgan fingerprint density at radius 3 is 2.53 bits per heavy atom. The number of carbonyl (C=O) groups is 2. The average molecular weight is 235 g/mol. The summed E-state index contributed by atoms with van der Waals surface area (Å²) in [5, 5.41) is 0. The maximum Gasteiger partial charge on any atom is 0.286 e. The first-order chi connectivity index (χ1) is 8.17. The largest absolute Gasteiger partial charge is 0.494 e. The molecule has 0 aliphatic heterocycles. The van der Waals surface area contributed by atoms with Gasteiger partial charge in [-0.05, 0) is 31.0 Å². The highest BCUT2D eigenvalue weighted by atomic mass is 16.5. The molecule has 92 valence electrons. The normalized spacial score (nSPS) is 9.76. The maximum atomic E-state index is 11.0. The van der Waals surface area contributed by atoms with E-state index in [9.17, 15) is 9.59 Å². The molecule has 0 unspecified atom stereocenters. The van der Waals surface area contributed by atoms with Crippen LogP contribution in [0.2, 0.25) is 0 Å². The molecule has 0 radical (unpaired) electrons. The summed E-state index contributed by atoms with van der Waals surface area (Å²) >= 11 is 0. The number of nitrogens with zero attached hydrogens (tertiary/aromatic N) is 1. The van der Waals surface area contributed by atoms with Gasteiger partial charge in [0.05, 0.1) is 6.61 Å². The van der Waals surface area contributed by atoms with Crippen molar-refractivity contribution in [3.63, 3.8) is 0 Å².